The van der Waals surface area contributed by atoms with Crippen molar-refractivity contribution in [3.63, 3.8) is 0 Å². The zero-order valence-electron chi connectivity index (χ0n) is 16.9. The molecule has 0 radical (unpaired) electrons. The fraction of sp³-hybridized carbons (Fsp3) is 0.261. The van der Waals surface area contributed by atoms with Gasteiger partial charge in [-0.05, 0) is 24.6 Å². The highest BCUT2D eigenvalue weighted by Gasteiger charge is 2.23. The van der Waals surface area contributed by atoms with E-state index >= 15 is 0 Å². The van der Waals surface area contributed by atoms with Gasteiger partial charge in [0.2, 0.25) is 0 Å². The van der Waals surface area contributed by atoms with Gasteiger partial charge < -0.3 is 15.1 Å². The molecule has 1 N–H and O–H groups in total. The summed E-state index contributed by atoms with van der Waals surface area (Å²) >= 11 is 1.64. The van der Waals surface area contributed by atoms with Crippen LogP contribution in [-0.2, 0) is 11.2 Å². The van der Waals surface area contributed by atoms with Crippen LogP contribution in [0.2, 0.25) is 0 Å². The number of aromatic nitrogens is 1. The third kappa shape index (κ3) is 4.86. The maximum atomic E-state index is 12.6. The fourth-order valence-electron chi connectivity index (χ4n) is 3.45. The molecule has 6 nitrogen and oxygen atoms in total. The molecular formula is C23H24N4O2S. The van der Waals surface area contributed by atoms with Gasteiger partial charge in [0.05, 0.1) is 5.69 Å². The van der Waals surface area contributed by atoms with E-state index in [0.29, 0.717) is 19.5 Å². The van der Waals surface area contributed by atoms with Crippen molar-refractivity contribution in [1.82, 2.24) is 9.88 Å². The standard InChI is InChI=1S/C23H24N4O2S/c1-17(28)15-18-7-9-20(10-8-18)24-22(29)26-11-13-27(14-12-26)23-25-21(16-30-23)19-5-3-2-4-6-19/h2-10,16H,11-15H2,1H3,(H,24,29). The Morgan fingerprint density at radius 3 is 2.37 bits per heavy atom. The highest BCUT2D eigenvalue weighted by Crippen LogP contribution is 2.28. The molecule has 7 heteroatoms. The van der Waals surface area contributed by atoms with Gasteiger partial charge in [-0.3, -0.25) is 4.79 Å². The first-order chi connectivity index (χ1) is 14.6. The lowest BCUT2D eigenvalue weighted by Gasteiger charge is -2.34. The van der Waals surface area contributed by atoms with Crippen molar-refractivity contribution in [2.24, 2.45) is 0 Å². The van der Waals surface area contributed by atoms with Crippen LogP contribution >= 0.6 is 11.3 Å². The second-order valence-corrected chi connectivity index (χ2v) is 8.20. The lowest BCUT2D eigenvalue weighted by Crippen LogP contribution is -2.50. The number of rotatable bonds is 5. The number of piperazine rings is 1. The lowest BCUT2D eigenvalue weighted by atomic mass is 10.1. The summed E-state index contributed by atoms with van der Waals surface area (Å²) in [7, 11) is 0. The topological polar surface area (TPSA) is 65.5 Å². The number of anilines is 2. The maximum absolute atomic E-state index is 12.6. The minimum Gasteiger partial charge on any atom is -0.345 e. The molecular weight excluding hydrogens is 396 g/mol. The van der Waals surface area contributed by atoms with Crippen molar-refractivity contribution in [2.45, 2.75) is 13.3 Å². The summed E-state index contributed by atoms with van der Waals surface area (Å²) in [5.41, 5.74) is 3.80. The van der Waals surface area contributed by atoms with Crippen molar-refractivity contribution < 1.29 is 9.59 Å². The average Bonchev–Trinajstić information content (AvgIpc) is 3.26. The van der Waals surface area contributed by atoms with Crippen molar-refractivity contribution in [3.8, 4) is 11.3 Å². The number of amides is 2. The number of urea groups is 1. The molecule has 1 aliphatic heterocycles. The number of nitrogens with zero attached hydrogens (tertiary/aromatic N) is 3. The number of carbonyl (C=O) groups is 2. The van der Waals surface area contributed by atoms with E-state index in [9.17, 15) is 9.59 Å². The first kappa shape index (κ1) is 20.1. The van der Waals surface area contributed by atoms with E-state index in [1.54, 1.807) is 18.3 Å². The summed E-state index contributed by atoms with van der Waals surface area (Å²) in [6.07, 6.45) is 0.416. The number of hydrogen-bond acceptors (Lipinski definition) is 5. The van der Waals surface area contributed by atoms with Crippen LogP contribution in [-0.4, -0.2) is 47.9 Å². The molecule has 1 fully saturated rings. The summed E-state index contributed by atoms with van der Waals surface area (Å²) in [5, 5.41) is 6.02. The first-order valence-electron chi connectivity index (χ1n) is 9.99. The molecule has 2 aromatic carbocycles. The third-order valence-corrected chi connectivity index (χ3v) is 5.96. The molecule has 1 aliphatic rings. The Kier molecular flexibility index (Phi) is 6.09. The van der Waals surface area contributed by atoms with Gasteiger partial charge in [-0.1, -0.05) is 42.5 Å². The first-order valence-corrected chi connectivity index (χ1v) is 10.9. The van der Waals surface area contributed by atoms with Gasteiger partial charge in [0.15, 0.2) is 5.13 Å². The van der Waals surface area contributed by atoms with Gasteiger partial charge >= 0.3 is 6.03 Å². The van der Waals surface area contributed by atoms with E-state index < -0.39 is 0 Å². The molecule has 3 aromatic rings. The molecule has 2 heterocycles. The minimum atomic E-state index is -0.0990. The molecule has 0 unspecified atom stereocenters. The zero-order chi connectivity index (χ0) is 20.9. The molecule has 0 saturated carbocycles. The van der Waals surface area contributed by atoms with Crippen LogP contribution < -0.4 is 10.2 Å². The van der Waals surface area contributed by atoms with Gasteiger partial charge in [0, 0.05) is 49.2 Å². The van der Waals surface area contributed by atoms with Crippen molar-refractivity contribution in [2.75, 3.05) is 36.4 Å². The Morgan fingerprint density at radius 2 is 1.70 bits per heavy atom. The smallest absolute Gasteiger partial charge is 0.321 e. The SMILES string of the molecule is CC(=O)Cc1ccc(NC(=O)N2CCN(c3nc(-c4ccccc4)cs3)CC2)cc1. The molecule has 154 valence electrons. The van der Waals surface area contributed by atoms with E-state index in [4.69, 9.17) is 4.98 Å². The zero-order valence-corrected chi connectivity index (χ0v) is 17.7. The predicted molar refractivity (Wildman–Crippen MR) is 121 cm³/mol. The van der Waals surface area contributed by atoms with Crippen LogP contribution in [0.1, 0.15) is 12.5 Å². The minimum absolute atomic E-state index is 0.0990. The normalized spacial score (nSPS) is 13.9. The van der Waals surface area contributed by atoms with Crippen LogP contribution in [0.5, 0.6) is 0 Å². The highest BCUT2D eigenvalue weighted by atomic mass is 32.1. The highest BCUT2D eigenvalue weighted by molar-refractivity contribution is 7.14. The van der Waals surface area contributed by atoms with Gasteiger partial charge in [-0.25, -0.2) is 9.78 Å². The number of hydrogen-bond donors (Lipinski definition) is 1. The number of ketones is 1. The maximum Gasteiger partial charge on any atom is 0.321 e. The Hall–Kier alpha value is -3.19. The van der Waals surface area contributed by atoms with Crippen LogP contribution in [0.3, 0.4) is 0 Å². The molecule has 2 amide bonds. The number of nitrogens with one attached hydrogen (secondary N) is 1. The average molecular weight is 421 g/mol. The molecule has 30 heavy (non-hydrogen) atoms. The van der Waals surface area contributed by atoms with E-state index in [1.807, 2.05) is 47.4 Å². The van der Waals surface area contributed by atoms with Crippen LogP contribution in [0.4, 0.5) is 15.6 Å². The molecule has 1 saturated heterocycles. The van der Waals surface area contributed by atoms with Crippen molar-refractivity contribution >= 4 is 34.0 Å². The second-order valence-electron chi connectivity index (χ2n) is 7.36. The lowest BCUT2D eigenvalue weighted by molar-refractivity contribution is -0.116. The summed E-state index contributed by atoms with van der Waals surface area (Å²) in [5.74, 6) is 0.126. The van der Waals surface area contributed by atoms with E-state index in [1.165, 1.54) is 0 Å². The van der Waals surface area contributed by atoms with Gasteiger partial charge in [-0.2, -0.15) is 0 Å². The van der Waals surface area contributed by atoms with Gasteiger partial charge in [0.1, 0.15) is 5.78 Å². The molecule has 0 spiro atoms. The summed E-state index contributed by atoms with van der Waals surface area (Å²) in [6.45, 7) is 4.38. The second kappa shape index (κ2) is 9.09. The predicted octanol–water partition coefficient (Wildman–Crippen LogP) is 4.30. The van der Waals surface area contributed by atoms with E-state index in [0.717, 1.165) is 40.7 Å². The molecule has 1 aromatic heterocycles. The van der Waals surface area contributed by atoms with Crippen molar-refractivity contribution in [3.05, 3.63) is 65.5 Å². The Balaban J connectivity index is 1.30. The number of carbonyl (C=O) groups excluding carboxylic acids is 2. The summed E-state index contributed by atoms with van der Waals surface area (Å²) < 4.78 is 0. The summed E-state index contributed by atoms with van der Waals surface area (Å²) in [6, 6.07) is 17.5. The van der Waals surface area contributed by atoms with Crippen LogP contribution in [0.15, 0.2) is 60.0 Å². The molecule has 0 aliphatic carbocycles. The number of Topliss-reactive ketones (excluding diaryl/α,β-unsaturated/α-hetero) is 1. The number of thiazole rings is 1. The molecule has 0 atom stereocenters. The summed E-state index contributed by atoms with van der Waals surface area (Å²) in [4.78, 5) is 32.6. The monoisotopic (exact) mass is 420 g/mol. The third-order valence-electron chi connectivity index (χ3n) is 5.06. The quantitative estimate of drug-likeness (QED) is 0.669. The Morgan fingerprint density at radius 1 is 1.00 bits per heavy atom. The van der Waals surface area contributed by atoms with Gasteiger partial charge in [0.25, 0.3) is 0 Å². The Labute approximate surface area is 180 Å². The molecule has 4 rings (SSSR count). The Bertz CT molecular complexity index is 1010. The van der Waals surface area contributed by atoms with Crippen LogP contribution in [0.25, 0.3) is 11.3 Å². The largest absolute Gasteiger partial charge is 0.345 e. The number of benzene rings is 2. The fourth-order valence-corrected chi connectivity index (χ4v) is 4.34. The molecule has 0 bridgehead atoms. The van der Waals surface area contributed by atoms with E-state index in [2.05, 4.69) is 27.7 Å². The van der Waals surface area contributed by atoms with E-state index in [-0.39, 0.29) is 11.8 Å². The van der Waals surface area contributed by atoms with Crippen LogP contribution in [0, 0.1) is 0 Å². The van der Waals surface area contributed by atoms with Crippen molar-refractivity contribution in [1.29, 1.82) is 0 Å². The van der Waals surface area contributed by atoms with Gasteiger partial charge in [-0.15, -0.1) is 11.3 Å².